The van der Waals surface area contributed by atoms with E-state index in [-0.39, 0.29) is 17.8 Å². The summed E-state index contributed by atoms with van der Waals surface area (Å²) in [6.45, 7) is 2.08. The van der Waals surface area contributed by atoms with Crippen molar-refractivity contribution in [1.82, 2.24) is 4.90 Å². The van der Waals surface area contributed by atoms with E-state index in [4.69, 9.17) is 11.6 Å². The minimum atomic E-state index is -0.310. The summed E-state index contributed by atoms with van der Waals surface area (Å²) in [7, 11) is 2.98. The summed E-state index contributed by atoms with van der Waals surface area (Å²) in [5.74, 6) is -0.369. The minimum Gasteiger partial charge on any atom is -0.469 e. The van der Waals surface area contributed by atoms with Gasteiger partial charge in [-0.05, 0) is 0 Å². The number of hydrogen-bond acceptors (Lipinski definition) is 3. The topological polar surface area (TPSA) is 46.6 Å². The number of alkyl halides is 1. The molecule has 1 unspecified atom stereocenters. The fourth-order valence-electron chi connectivity index (χ4n) is 1.06. The second-order valence-corrected chi connectivity index (χ2v) is 3.52. The van der Waals surface area contributed by atoms with Crippen LogP contribution in [0.3, 0.4) is 0 Å². The molecule has 0 N–H and O–H groups in total. The molecule has 0 saturated heterocycles. The van der Waals surface area contributed by atoms with E-state index in [9.17, 15) is 9.59 Å². The highest BCUT2D eigenvalue weighted by Crippen LogP contribution is 2.02. The van der Waals surface area contributed by atoms with E-state index in [1.165, 1.54) is 12.0 Å². The second-order valence-electron chi connectivity index (χ2n) is 3.14. The SMILES string of the molecule is COC(=O)C(C)CN(C)C(=O)CCCl. The molecule has 0 aliphatic heterocycles. The standard InChI is InChI=1S/C9H16ClNO3/c1-7(9(13)14-3)6-11(2)8(12)4-5-10/h7H,4-6H2,1-3H3. The van der Waals surface area contributed by atoms with Gasteiger partial charge in [-0.2, -0.15) is 0 Å². The average Bonchev–Trinajstić information content (AvgIpc) is 2.16. The molecule has 4 nitrogen and oxygen atoms in total. The maximum Gasteiger partial charge on any atom is 0.310 e. The number of hydrogen-bond donors (Lipinski definition) is 0. The van der Waals surface area contributed by atoms with Gasteiger partial charge in [0.25, 0.3) is 0 Å². The van der Waals surface area contributed by atoms with Gasteiger partial charge in [0.1, 0.15) is 0 Å². The summed E-state index contributed by atoms with van der Waals surface area (Å²) in [6.07, 6.45) is 0.298. The van der Waals surface area contributed by atoms with Gasteiger partial charge in [0.05, 0.1) is 13.0 Å². The molecule has 0 saturated carbocycles. The summed E-state index contributed by atoms with van der Waals surface area (Å²) >= 11 is 5.43. The molecule has 0 aromatic rings. The lowest BCUT2D eigenvalue weighted by molar-refractivity contribution is -0.146. The number of nitrogens with zero attached hydrogens (tertiary/aromatic N) is 1. The van der Waals surface area contributed by atoms with Gasteiger partial charge in [-0.1, -0.05) is 6.92 Å². The molecule has 5 heteroatoms. The second kappa shape index (κ2) is 6.65. The van der Waals surface area contributed by atoms with Crippen molar-refractivity contribution in [1.29, 1.82) is 0 Å². The van der Waals surface area contributed by atoms with E-state index < -0.39 is 0 Å². The van der Waals surface area contributed by atoms with Gasteiger partial charge in [0.15, 0.2) is 0 Å². The third-order valence-corrected chi connectivity index (χ3v) is 2.07. The Bertz CT molecular complexity index is 208. The van der Waals surface area contributed by atoms with Crippen LogP contribution in [0.25, 0.3) is 0 Å². The van der Waals surface area contributed by atoms with Crippen LogP contribution in [0.2, 0.25) is 0 Å². The Balaban J connectivity index is 3.98. The highest BCUT2D eigenvalue weighted by atomic mass is 35.5. The Morgan fingerprint density at radius 1 is 1.50 bits per heavy atom. The number of ether oxygens (including phenoxy) is 1. The van der Waals surface area contributed by atoms with Crippen LogP contribution in [-0.4, -0.2) is 43.4 Å². The van der Waals surface area contributed by atoms with Crippen LogP contribution in [0.4, 0.5) is 0 Å². The van der Waals surface area contributed by atoms with Crippen molar-refractivity contribution >= 4 is 23.5 Å². The molecular weight excluding hydrogens is 206 g/mol. The van der Waals surface area contributed by atoms with Crippen molar-refractivity contribution in [3.05, 3.63) is 0 Å². The van der Waals surface area contributed by atoms with Crippen molar-refractivity contribution in [2.75, 3.05) is 26.6 Å². The molecule has 0 aromatic carbocycles. The van der Waals surface area contributed by atoms with Crippen LogP contribution >= 0.6 is 11.6 Å². The smallest absolute Gasteiger partial charge is 0.310 e. The average molecular weight is 222 g/mol. The highest BCUT2D eigenvalue weighted by molar-refractivity contribution is 6.18. The molecule has 0 bridgehead atoms. The van der Waals surface area contributed by atoms with Crippen molar-refractivity contribution in [2.45, 2.75) is 13.3 Å². The van der Waals surface area contributed by atoms with Crippen LogP contribution in [-0.2, 0) is 14.3 Å². The fourth-order valence-corrected chi connectivity index (χ4v) is 1.22. The van der Waals surface area contributed by atoms with E-state index in [0.717, 1.165) is 0 Å². The third kappa shape index (κ3) is 4.46. The minimum absolute atomic E-state index is 0.0595. The maximum atomic E-state index is 11.3. The molecule has 0 aliphatic carbocycles. The lowest BCUT2D eigenvalue weighted by Crippen LogP contribution is -2.34. The zero-order chi connectivity index (χ0) is 11.1. The molecule has 82 valence electrons. The summed E-state index contributed by atoms with van der Waals surface area (Å²) in [5.41, 5.74) is 0. The first kappa shape index (κ1) is 13.2. The molecule has 0 rings (SSSR count). The Kier molecular flexibility index (Phi) is 6.28. The first-order valence-electron chi connectivity index (χ1n) is 4.40. The predicted molar refractivity (Wildman–Crippen MR) is 54.2 cm³/mol. The van der Waals surface area contributed by atoms with Gasteiger partial charge in [0, 0.05) is 25.9 Å². The summed E-state index contributed by atoms with van der Waals surface area (Å²) in [6, 6.07) is 0. The van der Waals surface area contributed by atoms with E-state index in [1.807, 2.05) is 0 Å². The van der Waals surface area contributed by atoms with E-state index in [1.54, 1.807) is 14.0 Å². The Morgan fingerprint density at radius 3 is 2.50 bits per heavy atom. The molecule has 0 spiro atoms. The van der Waals surface area contributed by atoms with Gasteiger partial charge in [-0.25, -0.2) is 0 Å². The lowest BCUT2D eigenvalue weighted by Gasteiger charge is -2.19. The van der Waals surface area contributed by atoms with Crippen LogP contribution in [0.1, 0.15) is 13.3 Å². The van der Waals surface area contributed by atoms with Crippen LogP contribution < -0.4 is 0 Å². The Morgan fingerprint density at radius 2 is 2.07 bits per heavy atom. The van der Waals surface area contributed by atoms with E-state index >= 15 is 0 Å². The Labute approximate surface area is 89.2 Å². The molecule has 0 heterocycles. The number of rotatable bonds is 5. The third-order valence-electron chi connectivity index (χ3n) is 1.89. The molecule has 0 aliphatic rings. The molecule has 1 amide bonds. The first-order valence-corrected chi connectivity index (χ1v) is 4.94. The van der Waals surface area contributed by atoms with Crippen LogP contribution in [0.15, 0.2) is 0 Å². The quantitative estimate of drug-likeness (QED) is 0.512. The normalized spacial score (nSPS) is 12.0. The molecule has 0 radical (unpaired) electrons. The van der Waals surface area contributed by atoms with Gasteiger partial charge in [-0.3, -0.25) is 9.59 Å². The summed E-state index contributed by atoms with van der Waals surface area (Å²) in [5, 5.41) is 0. The van der Waals surface area contributed by atoms with E-state index in [2.05, 4.69) is 4.74 Å². The van der Waals surface area contributed by atoms with Crippen molar-refractivity contribution in [2.24, 2.45) is 5.92 Å². The van der Waals surface area contributed by atoms with E-state index in [0.29, 0.717) is 18.8 Å². The predicted octanol–water partition coefficient (Wildman–Crippen LogP) is 0.883. The molecule has 0 aromatic heterocycles. The number of amides is 1. The largest absolute Gasteiger partial charge is 0.469 e. The van der Waals surface area contributed by atoms with Gasteiger partial charge < -0.3 is 9.64 Å². The zero-order valence-corrected chi connectivity index (χ0v) is 9.50. The monoisotopic (exact) mass is 221 g/mol. The number of carbonyl (C=O) groups excluding carboxylic acids is 2. The van der Waals surface area contributed by atoms with Crippen molar-refractivity contribution in [3.8, 4) is 0 Å². The number of esters is 1. The summed E-state index contributed by atoms with van der Waals surface area (Å²) in [4.78, 5) is 23.8. The molecular formula is C9H16ClNO3. The zero-order valence-electron chi connectivity index (χ0n) is 8.75. The fraction of sp³-hybridized carbons (Fsp3) is 0.778. The van der Waals surface area contributed by atoms with Gasteiger partial charge >= 0.3 is 5.97 Å². The Hall–Kier alpha value is -0.770. The van der Waals surface area contributed by atoms with Crippen LogP contribution in [0.5, 0.6) is 0 Å². The van der Waals surface area contributed by atoms with Gasteiger partial charge in [0.2, 0.25) is 5.91 Å². The number of methoxy groups -OCH3 is 1. The summed E-state index contributed by atoms with van der Waals surface area (Å²) < 4.78 is 4.55. The number of carbonyl (C=O) groups is 2. The molecule has 1 atom stereocenters. The molecule has 0 fully saturated rings. The first-order chi connectivity index (χ1) is 6.52. The highest BCUT2D eigenvalue weighted by Gasteiger charge is 2.17. The van der Waals surface area contributed by atoms with Crippen molar-refractivity contribution in [3.63, 3.8) is 0 Å². The molecule has 14 heavy (non-hydrogen) atoms. The lowest BCUT2D eigenvalue weighted by atomic mass is 10.1. The number of halogens is 1. The van der Waals surface area contributed by atoms with Crippen LogP contribution in [0, 0.1) is 5.92 Å². The maximum absolute atomic E-state index is 11.3. The van der Waals surface area contributed by atoms with Crippen molar-refractivity contribution < 1.29 is 14.3 Å². The van der Waals surface area contributed by atoms with Gasteiger partial charge in [-0.15, -0.1) is 11.6 Å².